The van der Waals surface area contributed by atoms with Crippen LogP contribution >= 0.6 is 0 Å². The molecule has 0 saturated carbocycles. The smallest absolute Gasteiger partial charge is 0.0558 e. The van der Waals surface area contributed by atoms with Gasteiger partial charge in [-0.1, -0.05) is 30.3 Å². The van der Waals surface area contributed by atoms with E-state index in [0.717, 1.165) is 29.7 Å². The number of hydrogen-bond acceptors (Lipinski definition) is 3. The number of nitrogens with two attached hydrogens (primary N) is 1. The van der Waals surface area contributed by atoms with Crippen LogP contribution in [0.15, 0.2) is 49.1 Å². The molecule has 0 aliphatic carbocycles. The first-order valence-corrected chi connectivity index (χ1v) is 6.46. The number of hydrogen-bond donors (Lipinski definition) is 2. The molecule has 0 bridgehead atoms. The molecule has 0 atom stereocenters. The molecule has 3 N–H and O–H groups in total. The predicted molar refractivity (Wildman–Crippen MR) is 80.9 cm³/mol. The lowest BCUT2D eigenvalue weighted by atomic mass is 10.0. The zero-order valence-electron chi connectivity index (χ0n) is 11.0. The van der Waals surface area contributed by atoms with E-state index in [1.165, 1.54) is 5.39 Å². The minimum absolute atomic E-state index is 0.140. The third-order valence-electron chi connectivity index (χ3n) is 3.21. The fourth-order valence-corrected chi connectivity index (χ4v) is 2.24. The second kappa shape index (κ2) is 6.36. The van der Waals surface area contributed by atoms with Crippen molar-refractivity contribution >= 4 is 16.5 Å². The topological polar surface area (TPSA) is 49.5 Å². The van der Waals surface area contributed by atoms with Crippen molar-refractivity contribution in [3.05, 3.63) is 54.6 Å². The zero-order valence-corrected chi connectivity index (χ0v) is 11.0. The minimum Gasteiger partial charge on any atom is -0.398 e. The summed E-state index contributed by atoms with van der Waals surface area (Å²) in [6, 6.07) is 12.3. The molecule has 2 rings (SSSR count). The van der Waals surface area contributed by atoms with Gasteiger partial charge in [-0.25, -0.2) is 0 Å². The molecule has 0 saturated heterocycles. The SMILES string of the molecule is C=CCN(CCO)Cc1cc2ccccc2cc1N. The highest BCUT2D eigenvalue weighted by atomic mass is 16.3. The van der Waals surface area contributed by atoms with Crippen molar-refractivity contribution < 1.29 is 5.11 Å². The van der Waals surface area contributed by atoms with Crippen LogP contribution in [0.4, 0.5) is 5.69 Å². The van der Waals surface area contributed by atoms with Gasteiger partial charge in [-0.05, 0) is 28.5 Å². The number of aliphatic hydroxyl groups excluding tert-OH is 1. The highest BCUT2D eigenvalue weighted by Crippen LogP contribution is 2.23. The predicted octanol–water partition coefficient (Wildman–Crippen LogP) is 2.40. The number of aliphatic hydroxyl groups is 1. The Morgan fingerprint density at radius 1 is 1.21 bits per heavy atom. The standard InChI is InChI=1S/C16H20N2O/c1-2-7-18(8-9-19)12-15-10-13-5-3-4-6-14(13)11-16(15)17/h2-6,10-11,19H,1,7-9,12,17H2. The Bertz CT molecular complexity index is 566. The van der Waals surface area contributed by atoms with Gasteiger partial charge in [0.15, 0.2) is 0 Å². The monoisotopic (exact) mass is 256 g/mol. The Balaban J connectivity index is 2.27. The van der Waals surface area contributed by atoms with Gasteiger partial charge in [-0.2, -0.15) is 0 Å². The summed E-state index contributed by atoms with van der Waals surface area (Å²) in [5.74, 6) is 0. The maximum absolute atomic E-state index is 9.08. The first-order chi connectivity index (χ1) is 9.24. The van der Waals surface area contributed by atoms with Crippen LogP contribution in [-0.2, 0) is 6.54 Å². The fraction of sp³-hybridized carbons (Fsp3) is 0.250. The summed E-state index contributed by atoms with van der Waals surface area (Å²) in [5, 5.41) is 11.4. The number of anilines is 1. The van der Waals surface area contributed by atoms with Gasteiger partial charge in [0, 0.05) is 25.3 Å². The largest absolute Gasteiger partial charge is 0.398 e. The number of nitrogens with zero attached hydrogens (tertiary/aromatic N) is 1. The average molecular weight is 256 g/mol. The van der Waals surface area contributed by atoms with Crippen LogP contribution in [0, 0.1) is 0 Å². The number of benzene rings is 2. The first kappa shape index (κ1) is 13.6. The summed E-state index contributed by atoms with van der Waals surface area (Å²) in [6.45, 7) is 5.97. The van der Waals surface area contributed by atoms with E-state index in [9.17, 15) is 0 Å². The van der Waals surface area contributed by atoms with Crippen LogP contribution in [0.3, 0.4) is 0 Å². The normalized spacial score (nSPS) is 11.1. The molecular weight excluding hydrogens is 236 g/mol. The van der Waals surface area contributed by atoms with Gasteiger partial charge in [0.25, 0.3) is 0 Å². The van der Waals surface area contributed by atoms with Crippen molar-refractivity contribution in [3.8, 4) is 0 Å². The van der Waals surface area contributed by atoms with Crippen molar-refractivity contribution in [2.45, 2.75) is 6.54 Å². The van der Waals surface area contributed by atoms with Gasteiger partial charge < -0.3 is 10.8 Å². The summed E-state index contributed by atoms with van der Waals surface area (Å²) in [5.41, 5.74) is 8.00. The summed E-state index contributed by atoms with van der Waals surface area (Å²) >= 11 is 0. The van der Waals surface area contributed by atoms with Crippen molar-refractivity contribution in [2.75, 3.05) is 25.4 Å². The van der Waals surface area contributed by atoms with Gasteiger partial charge in [-0.3, -0.25) is 4.90 Å². The molecule has 2 aromatic rings. The Hall–Kier alpha value is -1.84. The second-order valence-electron chi connectivity index (χ2n) is 4.65. The maximum Gasteiger partial charge on any atom is 0.0558 e. The Kier molecular flexibility index (Phi) is 4.55. The highest BCUT2D eigenvalue weighted by molar-refractivity contribution is 5.86. The van der Waals surface area contributed by atoms with E-state index in [0.29, 0.717) is 6.54 Å². The highest BCUT2D eigenvalue weighted by Gasteiger charge is 2.07. The van der Waals surface area contributed by atoms with Gasteiger partial charge in [0.1, 0.15) is 0 Å². The third kappa shape index (κ3) is 3.34. The molecule has 0 aliphatic heterocycles. The first-order valence-electron chi connectivity index (χ1n) is 6.46. The van der Waals surface area contributed by atoms with Crippen molar-refractivity contribution in [1.29, 1.82) is 0 Å². The van der Waals surface area contributed by atoms with Crippen LogP contribution in [0.25, 0.3) is 10.8 Å². The molecule has 2 aromatic carbocycles. The molecule has 3 nitrogen and oxygen atoms in total. The Morgan fingerprint density at radius 2 is 1.89 bits per heavy atom. The number of fused-ring (bicyclic) bond motifs is 1. The molecule has 0 spiro atoms. The van der Waals surface area contributed by atoms with Gasteiger partial charge in [-0.15, -0.1) is 6.58 Å². The number of nitrogen functional groups attached to an aromatic ring is 1. The molecule has 0 heterocycles. The molecule has 0 radical (unpaired) electrons. The molecule has 0 amide bonds. The average Bonchev–Trinajstić information content (AvgIpc) is 2.40. The van der Waals surface area contributed by atoms with Crippen LogP contribution in [-0.4, -0.2) is 29.7 Å². The van der Waals surface area contributed by atoms with E-state index >= 15 is 0 Å². The molecule has 100 valence electrons. The van der Waals surface area contributed by atoms with Crippen molar-refractivity contribution in [2.24, 2.45) is 0 Å². The molecule has 0 aliphatic rings. The second-order valence-corrected chi connectivity index (χ2v) is 4.65. The zero-order chi connectivity index (χ0) is 13.7. The molecule has 0 fully saturated rings. The van der Waals surface area contributed by atoms with E-state index in [-0.39, 0.29) is 6.61 Å². The van der Waals surface area contributed by atoms with Crippen molar-refractivity contribution in [1.82, 2.24) is 4.90 Å². The summed E-state index contributed by atoms with van der Waals surface area (Å²) < 4.78 is 0. The molecule has 3 heteroatoms. The van der Waals surface area contributed by atoms with Gasteiger partial charge >= 0.3 is 0 Å². The van der Waals surface area contributed by atoms with E-state index in [1.54, 1.807) is 0 Å². The fourth-order valence-electron chi connectivity index (χ4n) is 2.24. The van der Waals surface area contributed by atoms with E-state index in [1.807, 2.05) is 24.3 Å². The van der Waals surface area contributed by atoms with E-state index in [4.69, 9.17) is 10.8 Å². The van der Waals surface area contributed by atoms with Crippen LogP contribution < -0.4 is 5.73 Å². The lowest BCUT2D eigenvalue weighted by molar-refractivity contribution is 0.203. The lowest BCUT2D eigenvalue weighted by Gasteiger charge is -2.20. The minimum atomic E-state index is 0.140. The maximum atomic E-state index is 9.08. The molecular formula is C16H20N2O. The lowest BCUT2D eigenvalue weighted by Crippen LogP contribution is -2.27. The quantitative estimate of drug-likeness (QED) is 0.616. The number of rotatable bonds is 6. The Morgan fingerprint density at radius 3 is 2.53 bits per heavy atom. The Labute approximate surface area is 114 Å². The van der Waals surface area contributed by atoms with Crippen LogP contribution in [0.1, 0.15) is 5.56 Å². The van der Waals surface area contributed by atoms with Crippen molar-refractivity contribution in [3.63, 3.8) is 0 Å². The van der Waals surface area contributed by atoms with E-state index < -0.39 is 0 Å². The van der Waals surface area contributed by atoms with E-state index in [2.05, 4.69) is 29.7 Å². The summed E-state index contributed by atoms with van der Waals surface area (Å²) in [4.78, 5) is 2.12. The molecule has 19 heavy (non-hydrogen) atoms. The summed E-state index contributed by atoms with van der Waals surface area (Å²) in [6.07, 6.45) is 1.84. The van der Waals surface area contributed by atoms with Gasteiger partial charge in [0.05, 0.1) is 6.61 Å². The summed E-state index contributed by atoms with van der Waals surface area (Å²) in [7, 11) is 0. The van der Waals surface area contributed by atoms with Crippen LogP contribution in [0.5, 0.6) is 0 Å². The van der Waals surface area contributed by atoms with Gasteiger partial charge in [0.2, 0.25) is 0 Å². The van der Waals surface area contributed by atoms with Crippen LogP contribution in [0.2, 0.25) is 0 Å². The molecule has 0 aromatic heterocycles. The molecule has 0 unspecified atom stereocenters. The third-order valence-corrected chi connectivity index (χ3v) is 3.21.